The monoisotopic (exact) mass is 1400 g/mol. The second-order valence-electron chi connectivity index (χ2n) is 23.2. The largest absolute Gasteiger partial charge is 0.496 e. The number of primary amides is 1. The van der Waals surface area contributed by atoms with E-state index >= 15 is 0 Å². The average Bonchev–Trinajstić information content (AvgIpc) is 0.857. The van der Waals surface area contributed by atoms with Gasteiger partial charge in [-0.15, -0.1) is 0 Å². The molecule has 0 aliphatic rings. The van der Waals surface area contributed by atoms with Gasteiger partial charge in [0.25, 0.3) is 23.6 Å². The SMILES string of the molecule is CCc1ccc(OC)c(C(N)=O)c1.COc1ccc(CC(=O)[C@@H](CCCN=C(N)N)NC(=O)c2cc(CC(=O)[C@@H](CCCN=C(N)N)NC(=O)c3cc(CC(=O)[C@@H](CCCN=C(N)N)NC(=O)CCCCN=C(N)N)ccc3OC)ccc2OC)cc1C(=O)N[C@H](CCCN=C(N)N)C(C)=O. The van der Waals surface area contributed by atoms with Crippen molar-refractivity contribution in [3.8, 4) is 23.0 Å². The number of ether oxygens (including phenoxy) is 4. The lowest BCUT2D eigenvalue weighted by Gasteiger charge is -2.21. The molecule has 0 heterocycles. The molecule has 0 fully saturated rings. The topological polar surface area (TPSA) is 587 Å². The second kappa shape index (κ2) is 44.4. The van der Waals surface area contributed by atoms with E-state index in [9.17, 15) is 43.2 Å². The third-order valence-electron chi connectivity index (χ3n) is 15.4. The number of unbranched alkanes of at least 4 members (excludes halogenated alkanes) is 1. The molecule has 0 bridgehead atoms. The molecule has 0 aliphatic carbocycles. The third kappa shape index (κ3) is 30.8. The van der Waals surface area contributed by atoms with E-state index in [0.717, 1.165) is 12.0 Å². The van der Waals surface area contributed by atoms with Crippen molar-refractivity contribution >= 4 is 82.5 Å². The number of methoxy groups -OCH3 is 4. The zero-order valence-corrected chi connectivity index (χ0v) is 58.3. The maximum absolute atomic E-state index is 14.4. The number of nitrogens with two attached hydrogens (primary N) is 11. The molecule has 550 valence electrons. The standard InChI is InChI=1S/C58H87N19O11.C10H13NO2/c1-33(78)40(11-7-23-70-55(61)62)75-51(83)37-27-35(17-19-47(37)86-2)31-45(80)42(13-9-25-72-57(65)66)77-53(85)39-29-36(18-21-49(39)88-4)32-46(81)43(14-10-26-73-58(67)68)76-52(84)38-28-34(16-20-48(38)87-3)30-44(79)41(12-8-24-71-56(63)64)74-50(82)15-5-6-22-69-54(59)60;1-3-7-4-5-9(13-2)8(6-7)10(11)12/h16-21,27-29,40-43H,5-15,22-26,30-32H2,1-4H3,(H,74,82)(H,75,83)(H,76,84)(H,77,85)(H4,59,60,69)(H4,61,62,70)(H4,63,64,71)(H4,65,66,72)(H4,67,68,73);4-6H,3H2,1-2H3,(H2,11,12)/t40-,41-,42-,43-;/m1./s1. The molecule has 33 nitrogen and oxygen atoms in total. The zero-order valence-electron chi connectivity index (χ0n) is 58.3. The fraction of sp³-hybridized carbons (Fsp3) is 0.441. The van der Waals surface area contributed by atoms with E-state index in [1.807, 2.05) is 13.0 Å². The van der Waals surface area contributed by atoms with Crippen LogP contribution in [0.3, 0.4) is 0 Å². The summed E-state index contributed by atoms with van der Waals surface area (Å²) in [4.78, 5) is 141. The minimum absolute atomic E-state index is 0.000968. The maximum atomic E-state index is 14.4. The van der Waals surface area contributed by atoms with Crippen molar-refractivity contribution in [2.45, 2.75) is 134 Å². The average molecular weight is 1410 g/mol. The van der Waals surface area contributed by atoms with E-state index < -0.39 is 59.4 Å². The van der Waals surface area contributed by atoms with Crippen LogP contribution in [0.4, 0.5) is 0 Å². The quantitative estimate of drug-likeness (QED) is 0.0155. The molecule has 5 amide bonds. The number of ketones is 4. The summed E-state index contributed by atoms with van der Waals surface area (Å²) in [6.07, 6.45) is 3.04. The van der Waals surface area contributed by atoms with Gasteiger partial charge in [-0.05, 0) is 148 Å². The van der Waals surface area contributed by atoms with Crippen molar-refractivity contribution in [3.05, 3.63) is 117 Å². The Labute approximate surface area is 587 Å². The summed E-state index contributed by atoms with van der Waals surface area (Å²) in [5, 5.41) is 11.2. The number of Topliss-reactive ketones (excluding diaryl/α,β-unsaturated/α-hetero) is 4. The van der Waals surface area contributed by atoms with Gasteiger partial charge in [0.15, 0.2) is 52.9 Å². The van der Waals surface area contributed by atoms with Gasteiger partial charge in [-0.3, -0.25) is 68.1 Å². The van der Waals surface area contributed by atoms with Crippen molar-refractivity contribution in [1.82, 2.24) is 21.3 Å². The first-order chi connectivity index (χ1) is 48.0. The number of carbonyl (C=O) groups excluding carboxylic acids is 9. The van der Waals surface area contributed by atoms with Gasteiger partial charge in [0, 0.05) is 58.4 Å². The van der Waals surface area contributed by atoms with E-state index in [1.54, 1.807) is 30.3 Å². The van der Waals surface area contributed by atoms with Crippen molar-refractivity contribution in [1.29, 1.82) is 0 Å². The predicted molar refractivity (Wildman–Crippen MR) is 387 cm³/mol. The maximum Gasteiger partial charge on any atom is 0.255 e. The minimum Gasteiger partial charge on any atom is -0.496 e. The molecular formula is C68H100N20O13. The number of hydrogen-bond donors (Lipinski definition) is 15. The lowest BCUT2D eigenvalue weighted by atomic mass is 9.96. The molecular weight excluding hydrogens is 1300 g/mol. The van der Waals surface area contributed by atoms with Crippen LogP contribution in [-0.4, -0.2) is 168 Å². The molecule has 0 saturated heterocycles. The Hall–Kier alpha value is -11.5. The lowest BCUT2D eigenvalue weighted by molar-refractivity contribution is -0.127. The van der Waals surface area contributed by atoms with Gasteiger partial charge in [-0.25, -0.2) is 0 Å². The first kappa shape index (κ1) is 83.7. The highest BCUT2D eigenvalue weighted by Crippen LogP contribution is 2.26. The van der Waals surface area contributed by atoms with Gasteiger partial charge < -0.3 is 103 Å². The van der Waals surface area contributed by atoms with Crippen LogP contribution in [0.2, 0.25) is 0 Å². The number of hydrogen-bond acceptors (Lipinski definition) is 18. The third-order valence-corrected chi connectivity index (χ3v) is 15.4. The van der Waals surface area contributed by atoms with Gasteiger partial charge in [0.05, 0.1) is 74.9 Å². The fourth-order valence-electron chi connectivity index (χ4n) is 10.2. The number of nitrogens with one attached hydrogen (secondary N) is 4. The molecule has 0 aliphatic heterocycles. The van der Waals surface area contributed by atoms with Crippen molar-refractivity contribution in [2.75, 3.05) is 61.2 Å². The molecule has 4 rings (SSSR count). The first-order valence-corrected chi connectivity index (χ1v) is 32.6. The number of aliphatic imine (C=N–C) groups is 5. The number of benzene rings is 4. The Kier molecular flexibility index (Phi) is 36.8. The summed E-state index contributed by atoms with van der Waals surface area (Å²) >= 11 is 0. The molecule has 101 heavy (non-hydrogen) atoms. The summed E-state index contributed by atoms with van der Waals surface area (Å²) in [5.74, 6) is -4.19. The summed E-state index contributed by atoms with van der Waals surface area (Å²) in [7, 11) is 5.58. The molecule has 0 spiro atoms. The lowest BCUT2D eigenvalue weighted by Crippen LogP contribution is -2.42. The van der Waals surface area contributed by atoms with Crippen molar-refractivity contribution < 1.29 is 62.1 Å². The van der Waals surface area contributed by atoms with E-state index in [2.05, 4.69) is 46.2 Å². The number of nitrogens with zero attached hydrogens (tertiary/aromatic N) is 5. The van der Waals surface area contributed by atoms with Crippen LogP contribution in [-0.2, 0) is 49.7 Å². The minimum atomic E-state index is -1.16. The Balaban J connectivity index is 0.00000182. The molecule has 0 aromatic heterocycles. The predicted octanol–water partition coefficient (Wildman–Crippen LogP) is -0.169. The molecule has 0 radical (unpaired) electrons. The zero-order chi connectivity index (χ0) is 75.1. The highest BCUT2D eigenvalue weighted by Gasteiger charge is 2.29. The van der Waals surface area contributed by atoms with Crippen LogP contribution in [0.15, 0.2) is 97.8 Å². The molecule has 0 unspecified atom stereocenters. The van der Waals surface area contributed by atoms with Crippen LogP contribution in [0.1, 0.15) is 148 Å². The van der Waals surface area contributed by atoms with E-state index in [1.165, 1.54) is 71.8 Å². The van der Waals surface area contributed by atoms with Crippen molar-refractivity contribution in [2.24, 2.45) is 88.0 Å². The Morgan fingerprint density at radius 1 is 0.366 bits per heavy atom. The normalized spacial score (nSPS) is 11.7. The molecule has 26 N–H and O–H groups in total. The second-order valence-corrected chi connectivity index (χ2v) is 23.2. The summed E-state index contributed by atoms with van der Waals surface area (Å²) in [6, 6.07) is 15.0. The highest BCUT2D eigenvalue weighted by molar-refractivity contribution is 6.03. The number of amides is 5. The number of aryl methyl sites for hydroxylation is 1. The molecule has 4 atom stereocenters. The molecule has 0 saturated carbocycles. The van der Waals surface area contributed by atoms with Crippen LogP contribution >= 0.6 is 0 Å². The highest BCUT2D eigenvalue weighted by atomic mass is 16.5. The Bertz CT molecular complexity index is 3630. The Morgan fingerprint density at radius 2 is 0.644 bits per heavy atom. The van der Waals surface area contributed by atoms with Crippen LogP contribution in [0.25, 0.3) is 0 Å². The molecule has 4 aromatic rings. The number of rotatable bonds is 44. The van der Waals surface area contributed by atoms with E-state index in [4.69, 9.17) is 82.0 Å². The summed E-state index contributed by atoms with van der Waals surface area (Å²) < 4.78 is 21.6. The van der Waals surface area contributed by atoms with Crippen molar-refractivity contribution in [3.63, 3.8) is 0 Å². The van der Waals surface area contributed by atoms with Gasteiger partial charge >= 0.3 is 0 Å². The van der Waals surface area contributed by atoms with Crippen LogP contribution in [0, 0.1) is 0 Å². The van der Waals surface area contributed by atoms with Gasteiger partial charge in [-0.1, -0.05) is 31.2 Å². The van der Waals surface area contributed by atoms with Gasteiger partial charge in [-0.2, -0.15) is 0 Å². The van der Waals surface area contributed by atoms with E-state index in [0.29, 0.717) is 60.2 Å². The summed E-state index contributed by atoms with van der Waals surface area (Å²) in [6.45, 7) is 4.38. The van der Waals surface area contributed by atoms with Gasteiger partial charge in [0.1, 0.15) is 23.0 Å². The first-order valence-electron chi connectivity index (χ1n) is 32.6. The molecule has 4 aromatic carbocycles. The summed E-state index contributed by atoms with van der Waals surface area (Å²) in [5.41, 5.74) is 62.7. The Morgan fingerprint density at radius 3 is 0.941 bits per heavy atom. The van der Waals surface area contributed by atoms with E-state index in [-0.39, 0.29) is 172 Å². The molecule has 33 heteroatoms. The van der Waals surface area contributed by atoms with Crippen LogP contribution < -0.4 is 103 Å². The number of guanidine groups is 5. The van der Waals surface area contributed by atoms with Gasteiger partial charge in [0.2, 0.25) is 5.91 Å². The fourth-order valence-corrected chi connectivity index (χ4v) is 10.2. The number of carbonyl (C=O) groups is 9. The smallest absolute Gasteiger partial charge is 0.255 e. The van der Waals surface area contributed by atoms with Crippen LogP contribution in [0.5, 0.6) is 23.0 Å².